The number of anilines is 1. The summed E-state index contributed by atoms with van der Waals surface area (Å²) in [5.74, 6) is -2.38. The third-order valence-corrected chi connectivity index (χ3v) is 6.03. The molecule has 1 saturated carbocycles. The average Bonchev–Trinajstić information content (AvgIpc) is 3.09. The van der Waals surface area contributed by atoms with Gasteiger partial charge in [-0.2, -0.15) is 0 Å². The molecule has 0 bridgehead atoms. The van der Waals surface area contributed by atoms with Crippen molar-refractivity contribution in [1.29, 1.82) is 0 Å². The molecule has 7 heteroatoms. The van der Waals surface area contributed by atoms with Gasteiger partial charge in [-0.05, 0) is 43.6 Å². The van der Waals surface area contributed by atoms with Gasteiger partial charge in [0.1, 0.15) is 5.00 Å². The molecule has 0 unspecified atom stereocenters. The fourth-order valence-electron chi connectivity index (χ4n) is 3.79. The quantitative estimate of drug-likeness (QED) is 0.859. The van der Waals surface area contributed by atoms with E-state index in [1.807, 2.05) is 4.90 Å². The van der Waals surface area contributed by atoms with Gasteiger partial charge in [-0.15, -0.1) is 11.3 Å². The van der Waals surface area contributed by atoms with Crippen molar-refractivity contribution < 1.29 is 19.5 Å². The molecular formula is C18H24N2O4S. The number of likely N-dealkylation sites (tertiary alicyclic amines) is 1. The lowest BCUT2D eigenvalue weighted by Crippen LogP contribution is -2.37. The first-order chi connectivity index (χ1) is 12.1. The Morgan fingerprint density at radius 3 is 2.40 bits per heavy atom. The zero-order chi connectivity index (χ0) is 17.8. The molecule has 2 N–H and O–H groups in total. The molecule has 2 heterocycles. The fourth-order valence-corrected chi connectivity index (χ4v) is 4.57. The van der Waals surface area contributed by atoms with E-state index >= 15 is 0 Å². The third kappa shape index (κ3) is 4.03. The summed E-state index contributed by atoms with van der Waals surface area (Å²) in [5, 5.41) is 14.5. The molecule has 1 saturated heterocycles. The molecule has 3 rings (SSSR count). The zero-order valence-electron chi connectivity index (χ0n) is 14.2. The van der Waals surface area contributed by atoms with Crippen LogP contribution < -0.4 is 5.32 Å². The summed E-state index contributed by atoms with van der Waals surface area (Å²) < 4.78 is 0. The molecular weight excluding hydrogens is 340 g/mol. The lowest BCUT2D eigenvalue weighted by Gasteiger charge is -2.28. The summed E-state index contributed by atoms with van der Waals surface area (Å²) in [5.41, 5.74) is 0.517. The van der Waals surface area contributed by atoms with E-state index in [-0.39, 0.29) is 11.8 Å². The Labute approximate surface area is 151 Å². The second-order valence-corrected chi connectivity index (χ2v) is 7.76. The van der Waals surface area contributed by atoms with E-state index in [0.717, 1.165) is 45.2 Å². The van der Waals surface area contributed by atoms with E-state index in [2.05, 4.69) is 5.32 Å². The van der Waals surface area contributed by atoms with Crippen LogP contribution >= 0.6 is 11.3 Å². The minimum Gasteiger partial charge on any atom is -0.481 e. The lowest BCUT2D eigenvalue weighted by atomic mass is 9.79. The number of aliphatic carboxylic acids is 1. The number of carboxylic acids is 1. The van der Waals surface area contributed by atoms with Crippen LogP contribution in [-0.2, 0) is 9.59 Å². The van der Waals surface area contributed by atoms with Gasteiger partial charge in [0, 0.05) is 13.1 Å². The summed E-state index contributed by atoms with van der Waals surface area (Å²) in [7, 11) is 0. The van der Waals surface area contributed by atoms with Crippen LogP contribution in [0.3, 0.4) is 0 Å². The highest BCUT2D eigenvalue weighted by Gasteiger charge is 2.36. The van der Waals surface area contributed by atoms with Crippen LogP contribution in [0.2, 0.25) is 0 Å². The van der Waals surface area contributed by atoms with Crippen molar-refractivity contribution in [3.05, 3.63) is 17.0 Å². The molecule has 0 spiro atoms. The van der Waals surface area contributed by atoms with Crippen LogP contribution in [0.5, 0.6) is 0 Å². The lowest BCUT2D eigenvalue weighted by molar-refractivity contribution is -0.147. The zero-order valence-corrected chi connectivity index (χ0v) is 15.0. The van der Waals surface area contributed by atoms with Gasteiger partial charge >= 0.3 is 5.97 Å². The highest BCUT2D eigenvalue weighted by atomic mass is 32.1. The van der Waals surface area contributed by atoms with Crippen LogP contribution in [0, 0.1) is 11.8 Å². The third-order valence-electron chi connectivity index (χ3n) is 5.20. The first-order valence-corrected chi connectivity index (χ1v) is 9.86. The van der Waals surface area contributed by atoms with Crippen molar-refractivity contribution in [2.75, 3.05) is 18.4 Å². The van der Waals surface area contributed by atoms with Crippen molar-refractivity contribution in [3.63, 3.8) is 0 Å². The van der Waals surface area contributed by atoms with Gasteiger partial charge in [0.05, 0.1) is 17.4 Å². The molecule has 2 fully saturated rings. The molecule has 1 aromatic heterocycles. The number of nitrogens with zero attached hydrogens (tertiary/aromatic N) is 1. The second-order valence-electron chi connectivity index (χ2n) is 6.84. The number of nitrogens with one attached hydrogen (secondary N) is 1. The predicted molar refractivity (Wildman–Crippen MR) is 95.8 cm³/mol. The number of rotatable bonds is 4. The van der Waals surface area contributed by atoms with Gasteiger partial charge < -0.3 is 15.3 Å². The molecule has 2 atom stereocenters. The molecule has 1 aromatic rings. The Balaban J connectivity index is 1.70. The molecule has 6 nitrogen and oxygen atoms in total. The number of carboxylic acid groups (broad SMARTS) is 1. The summed E-state index contributed by atoms with van der Waals surface area (Å²) in [6.45, 7) is 1.51. The number of carbonyl (C=O) groups is 3. The molecule has 0 aromatic carbocycles. The Kier molecular flexibility index (Phi) is 5.73. The van der Waals surface area contributed by atoms with Gasteiger partial charge in [-0.1, -0.05) is 12.8 Å². The Morgan fingerprint density at radius 2 is 1.72 bits per heavy atom. The summed E-state index contributed by atoms with van der Waals surface area (Å²) >= 11 is 1.32. The topological polar surface area (TPSA) is 86.7 Å². The molecule has 2 aliphatic rings. The summed E-state index contributed by atoms with van der Waals surface area (Å²) in [6, 6.07) is 1.74. The standard InChI is InChI=1S/C18H24N2O4S/c21-15(12-6-2-3-7-13(12)18(23)24)19-16-14(8-11-25-16)17(22)20-9-4-1-5-10-20/h8,11-13H,1-7,9-10H2,(H,19,21)(H,23,24)/t12-,13-/m0/s1. The molecule has 1 aliphatic heterocycles. The molecule has 25 heavy (non-hydrogen) atoms. The second kappa shape index (κ2) is 7.99. The van der Waals surface area contributed by atoms with Crippen LogP contribution in [0.4, 0.5) is 5.00 Å². The smallest absolute Gasteiger partial charge is 0.307 e. The molecule has 1 aliphatic carbocycles. The van der Waals surface area contributed by atoms with Gasteiger partial charge in [-0.3, -0.25) is 14.4 Å². The normalized spacial score (nSPS) is 23.9. The SMILES string of the molecule is O=C(O)[C@H]1CCCC[C@@H]1C(=O)Nc1sccc1C(=O)N1CCCCC1. The van der Waals surface area contributed by atoms with Gasteiger partial charge in [0.15, 0.2) is 0 Å². The summed E-state index contributed by atoms with van der Waals surface area (Å²) in [4.78, 5) is 38.6. The maximum atomic E-state index is 12.7. The van der Waals surface area contributed by atoms with E-state index in [0.29, 0.717) is 23.4 Å². The van der Waals surface area contributed by atoms with Crippen LogP contribution in [0.1, 0.15) is 55.3 Å². The number of hydrogen-bond donors (Lipinski definition) is 2. The van der Waals surface area contributed by atoms with Crippen molar-refractivity contribution >= 4 is 34.1 Å². The Hall–Kier alpha value is -1.89. The average molecular weight is 364 g/mol. The first-order valence-electron chi connectivity index (χ1n) is 8.98. The van der Waals surface area contributed by atoms with Crippen molar-refractivity contribution in [3.8, 4) is 0 Å². The fraction of sp³-hybridized carbons (Fsp3) is 0.611. The van der Waals surface area contributed by atoms with E-state index in [4.69, 9.17) is 0 Å². The number of hydrogen-bond acceptors (Lipinski definition) is 4. The van der Waals surface area contributed by atoms with Crippen LogP contribution in [0.25, 0.3) is 0 Å². The number of piperidine rings is 1. The van der Waals surface area contributed by atoms with Gasteiger partial charge in [-0.25, -0.2) is 0 Å². The minimum absolute atomic E-state index is 0.0466. The van der Waals surface area contributed by atoms with Crippen molar-refractivity contribution in [2.45, 2.75) is 44.9 Å². The van der Waals surface area contributed by atoms with Gasteiger partial charge in [0.25, 0.3) is 5.91 Å². The summed E-state index contributed by atoms with van der Waals surface area (Å²) in [6.07, 6.45) is 6.01. The van der Waals surface area contributed by atoms with Crippen LogP contribution in [-0.4, -0.2) is 40.9 Å². The highest BCUT2D eigenvalue weighted by Crippen LogP contribution is 2.33. The van der Waals surface area contributed by atoms with E-state index < -0.39 is 17.8 Å². The largest absolute Gasteiger partial charge is 0.481 e. The van der Waals surface area contributed by atoms with E-state index in [9.17, 15) is 19.5 Å². The molecule has 136 valence electrons. The number of amides is 2. The number of thiophene rings is 1. The molecule has 0 radical (unpaired) electrons. The minimum atomic E-state index is -0.907. The Morgan fingerprint density at radius 1 is 1.04 bits per heavy atom. The van der Waals surface area contributed by atoms with E-state index in [1.54, 1.807) is 11.4 Å². The first kappa shape index (κ1) is 17.9. The van der Waals surface area contributed by atoms with Crippen molar-refractivity contribution in [2.24, 2.45) is 11.8 Å². The molecule has 2 amide bonds. The predicted octanol–water partition coefficient (Wildman–Crippen LogP) is 3.20. The van der Waals surface area contributed by atoms with Crippen LogP contribution in [0.15, 0.2) is 11.4 Å². The highest BCUT2D eigenvalue weighted by molar-refractivity contribution is 7.14. The van der Waals surface area contributed by atoms with E-state index in [1.165, 1.54) is 11.3 Å². The van der Waals surface area contributed by atoms with Crippen molar-refractivity contribution in [1.82, 2.24) is 4.90 Å². The Bertz CT molecular complexity index is 651. The maximum absolute atomic E-state index is 12.7. The number of carbonyl (C=O) groups excluding carboxylic acids is 2. The maximum Gasteiger partial charge on any atom is 0.307 e. The monoisotopic (exact) mass is 364 g/mol. The van der Waals surface area contributed by atoms with Gasteiger partial charge in [0.2, 0.25) is 5.91 Å².